The largest absolute Gasteiger partial charge is 0.756 e. The van der Waals surface area contributed by atoms with Crippen LogP contribution in [0.5, 0.6) is 0 Å². The molecular weight excluding hydrogens is 1020 g/mol. The number of hydrogen-bond donors (Lipinski definition) is 2. The third-order valence-corrected chi connectivity index (χ3v) is 14.7. The van der Waals surface area contributed by atoms with E-state index < -0.39 is 26.6 Å². The highest BCUT2D eigenvalue weighted by Crippen LogP contribution is 2.38. The van der Waals surface area contributed by atoms with E-state index in [1.165, 1.54) is 109 Å². The number of aliphatic hydroxyl groups is 1. The van der Waals surface area contributed by atoms with Gasteiger partial charge in [0.15, 0.2) is 0 Å². The number of nitrogens with one attached hydrogen (secondary N) is 1. The molecule has 0 rings (SSSR count). The zero-order valence-corrected chi connectivity index (χ0v) is 53.6. The summed E-state index contributed by atoms with van der Waals surface area (Å²) in [5.41, 5.74) is 0. The second-order valence-corrected chi connectivity index (χ2v) is 24.1. The number of allylic oxidation sites excluding steroid dienone is 23. The smallest absolute Gasteiger partial charge is 0.268 e. The number of phosphoric ester groups is 1. The van der Waals surface area contributed by atoms with Crippen LogP contribution in [-0.2, 0) is 18.4 Å². The van der Waals surface area contributed by atoms with Crippen molar-refractivity contribution in [2.24, 2.45) is 0 Å². The minimum atomic E-state index is -4.63. The molecule has 0 aliphatic rings. The lowest BCUT2D eigenvalue weighted by atomic mass is 10.0. The van der Waals surface area contributed by atoms with Crippen molar-refractivity contribution in [2.45, 2.75) is 264 Å². The summed E-state index contributed by atoms with van der Waals surface area (Å²) in [6, 6.07) is -0.934. The maximum absolute atomic E-state index is 13.0. The van der Waals surface area contributed by atoms with Crippen molar-refractivity contribution in [3.8, 4) is 0 Å². The number of carbonyl (C=O) groups is 1. The topological polar surface area (TPSA) is 108 Å². The first-order valence-electron chi connectivity index (χ1n) is 32.7. The van der Waals surface area contributed by atoms with Crippen molar-refractivity contribution >= 4 is 13.7 Å². The van der Waals surface area contributed by atoms with Gasteiger partial charge >= 0.3 is 0 Å². The lowest BCUT2D eigenvalue weighted by Crippen LogP contribution is -2.45. The Kier molecular flexibility index (Phi) is 58.2. The molecule has 8 nitrogen and oxygen atoms in total. The van der Waals surface area contributed by atoms with Crippen molar-refractivity contribution in [2.75, 3.05) is 40.9 Å². The number of nitrogens with zero attached hydrogens (tertiary/aromatic N) is 1. The maximum Gasteiger partial charge on any atom is 0.268 e. The SMILES string of the molecule is CC/C=C\C/C=C\C/C=C\C/C=C\C/C=C\C/C=C\C/C=C\C/C=C\C/C=C\CCCCCCCC(=O)NC(COP(=O)([O-])OCC[N+](C)(C)C)C(O)/C=C/CC/C=C/CC/C=C/CCCCCCCCCCCCCCCCCC. The second-order valence-electron chi connectivity index (χ2n) is 22.7. The van der Waals surface area contributed by atoms with Gasteiger partial charge in [-0.15, -0.1) is 0 Å². The normalized spacial score (nSPS) is 14.7. The summed E-state index contributed by atoms with van der Waals surface area (Å²) in [6.07, 6.45) is 93.8. The fourth-order valence-corrected chi connectivity index (χ4v) is 9.43. The highest BCUT2D eigenvalue weighted by atomic mass is 31.2. The van der Waals surface area contributed by atoms with E-state index in [1.807, 2.05) is 27.2 Å². The summed E-state index contributed by atoms with van der Waals surface area (Å²) >= 11 is 0. The Morgan fingerprint density at radius 3 is 1.15 bits per heavy atom. The molecule has 0 spiro atoms. The number of carbonyl (C=O) groups excluding carboxylic acids is 1. The fourth-order valence-electron chi connectivity index (χ4n) is 8.71. The van der Waals surface area contributed by atoms with E-state index in [4.69, 9.17) is 9.05 Å². The molecule has 0 aromatic carbocycles. The first-order valence-corrected chi connectivity index (χ1v) is 34.2. The summed E-state index contributed by atoms with van der Waals surface area (Å²) in [6.45, 7) is 4.49. The minimum absolute atomic E-state index is 0.0213. The van der Waals surface area contributed by atoms with E-state index in [9.17, 15) is 19.4 Å². The molecule has 2 N–H and O–H groups in total. The van der Waals surface area contributed by atoms with Crippen molar-refractivity contribution < 1.29 is 32.9 Å². The van der Waals surface area contributed by atoms with E-state index in [1.54, 1.807) is 6.08 Å². The van der Waals surface area contributed by atoms with Crippen LogP contribution in [0.25, 0.3) is 0 Å². The number of rotatable bonds is 58. The number of unbranched alkanes of at least 4 members (excludes halogenated alkanes) is 23. The Hall–Kier alpha value is -3.62. The molecule has 0 bridgehead atoms. The predicted molar refractivity (Wildman–Crippen MR) is 352 cm³/mol. The van der Waals surface area contributed by atoms with Crippen molar-refractivity contribution in [1.82, 2.24) is 5.32 Å². The number of quaternary nitrogens is 1. The summed E-state index contributed by atoms with van der Waals surface area (Å²) < 4.78 is 23.4. The maximum atomic E-state index is 13.0. The Bertz CT molecular complexity index is 1830. The lowest BCUT2D eigenvalue weighted by Gasteiger charge is -2.29. The number of aliphatic hydroxyl groups excluding tert-OH is 1. The average Bonchev–Trinajstić information content (AvgIpc) is 3.43. The molecule has 462 valence electrons. The van der Waals surface area contributed by atoms with Crippen LogP contribution >= 0.6 is 7.82 Å². The van der Waals surface area contributed by atoms with E-state index in [0.29, 0.717) is 17.4 Å². The monoisotopic (exact) mass is 1140 g/mol. The molecule has 0 aliphatic heterocycles. The van der Waals surface area contributed by atoms with Gasteiger partial charge in [-0.25, -0.2) is 0 Å². The summed E-state index contributed by atoms with van der Waals surface area (Å²) in [7, 11) is 1.20. The molecule has 3 atom stereocenters. The van der Waals surface area contributed by atoms with Crippen LogP contribution in [0.4, 0.5) is 0 Å². The fraction of sp³-hybridized carbons (Fsp3) is 0.653. The lowest BCUT2D eigenvalue weighted by molar-refractivity contribution is -0.870. The van der Waals surface area contributed by atoms with E-state index in [2.05, 4.69) is 153 Å². The molecule has 0 saturated heterocycles. The van der Waals surface area contributed by atoms with Crippen LogP contribution in [-0.4, -0.2) is 68.5 Å². The summed E-state index contributed by atoms with van der Waals surface area (Å²) in [5, 5.41) is 13.9. The Morgan fingerprint density at radius 2 is 0.765 bits per heavy atom. The predicted octanol–water partition coefficient (Wildman–Crippen LogP) is 20.2. The third kappa shape index (κ3) is 63.8. The molecule has 9 heteroatoms. The van der Waals surface area contributed by atoms with Gasteiger partial charge in [-0.05, 0) is 116 Å². The van der Waals surface area contributed by atoms with Gasteiger partial charge in [0.25, 0.3) is 7.82 Å². The van der Waals surface area contributed by atoms with E-state index in [0.717, 1.165) is 122 Å². The zero-order chi connectivity index (χ0) is 59.1. The minimum Gasteiger partial charge on any atom is -0.756 e. The Balaban J connectivity index is 4.31. The van der Waals surface area contributed by atoms with Gasteiger partial charge < -0.3 is 28.8 Å². The van der Waals surface area contributed by atoms with Crippen molar-refractivity contribution in [3.63, 3.8) is 0 Å². The van der Waals surface area contributed by atoms with E-state index >= 15 is 0 Å². The summed E-state index contributed by atoms with van der Waals surface area (Å²) in [5.74, 6) is -0.235. The Labute approximate surface area is 499 Å². The van der Waals surface area contributed by atoms with Gasteiger partial charge in [-0.1, -0.05) is 275 Å². The molecule has 0 aromatic heterocycles. The van der Waals surface area contributed by atoms with Gasteiger partial charge in [-0.3, -0.25) is 9.36 Å². The molecule has 0 aliphatic carbocycles. The third-order valence-electron chi connectivity index (χ3n) is 13.8. The first kappa shape index (κ1) is 77.4. The van der Waals surface area contributed by atoms with Gasteiger partial charge in [0.05, 0.1) is 39.9 Å². The molecular formula is C72H123N2O6P. The van der Waals surface area contributed by atoms with Crippen LogP contribution in [0.15, 0.2) is 146 Å². The standard InChI is InChI=1S/C72H123N2O6P/c1-6-8-10-12-14-16-18-20-22-24-26-28-30-32-34-35-36-37-38-39-40-42-44-46-48-50-52-54-56-58-60-62-64-66-72(76)73-70(69-80-81(77,78)79-68-67-74(3,4)5)71(75)65-63-61-59-57-55-53-51-49-47-45-43-41-33-31-29-27-25-23-21-19-17-15-13-11-9-7-2/h8,10,14,16,20,22,26,28,32,34,36-37,39-40,44,46-47,49-50,52,55,57,63,65,70-71,75H,6-7,9,11-13,15,17-19,21,23-25,27,29-31,33,35,38,41-43,45,48,51,53-54,56,58-62,64,66-69H2,1-5H3,(H-,73,76,77,78)/b10-8-,16-14-,22-20-,28-26-,34-32-,37-36-,40-39-,46-44-,49-47+,52-50-,57-55+,65-63+. The van der Waals surface area contributed by atoms with E-state index in [-0.39, 0.29) is 12.5 Å². The molecule has 1 amide bonds. The highest BCUT2D eigenvalue weighted by molar-refractivity contribution is 7.45. The molecule has 0 saturated carbocycles. The Morgan fingerprint density at radius 1 is 0.444 bits per heavy atom. The number of phosphoric acid groups is 1. The van der Waals surface area contributed by atoms with Gasteiger partial charge in [0.2, 0.25) is 5.91 Å². The molecule has 0 fully saturated rings. The number of amides is 1. The molecule has 0 heterocycles. The van der Waals surface area contributed by atoms with Crippen LogP contribution in [0.1, 0.15) is 251 Å². The number of hydrogen-bond acceptors (Lipinski definition) is 6. The highest BCUT2D eigenvalue weighted by Gasteiger charge is 2.23. The van der Waals surface area contributed by atoms with Crippen molar-refractivity contribution in [3.05, 3.63) is 146 Å². The van der Waals surface area contributed by atoms with Gasteiger partial charge in [0, 0.05) is 6.42 Å². The van der Waals surface area contributed by atoms with Crippen LogP contribution in [0.2, 0.25) is 0 Å². The summed E-state index contributed by atoms with van der Waals surface area (Å²) in [4.78, 5) is 25.6. The molecule has 0 aromatic rings. The van der Waals surface area contributed by atoms with Crippen LogP contribution < -0.4 is 10.2 Å². The molecule has 81 heavy (non-hydrogen) atoms. The average molecular weight is 1140 g/mol. The second kappa shape index (κ2) is 61.0. The van der Waals surface area contributed by atoms with Crippen LogP contribution in [0, 0.1) is 0 Å². The molecule has 3 unspecified atom stereocenters. The quantitative estimate of drug-likeness (QED) is 0.0272. The van der Waals surface area contributed by atoms with Crippen molar-refractivity contribution in [1.29, 1.82) is 0 Å². The van der Waals surface area contributed by atoms with Gasteiger partial charge in [0.1, 0.15) is 13.2 Å². The number of likely N-dealkylation sites (N-methyl/N-ethyl adjacent to an activating group) is 1. The van der Waals surface area contributed by atoms with Gasteiger partial charge in [-0.2, -0.15) is 0 Å². The molecule has 0 radical (unpaired) electrons. The zero-order valence-electron chi connectivity index (χ0n) is 52.7. The first-order chi connectivity index (χ1) is 39.5. The van der Waals surface area contributed by atoms with Crippen LogP contribution in [0.3, 0.4) is 0 Å².